The average molecular weight is 166 g/mol. The summed E-state index contributed by atoms with van der Waals surface area (Å²) in [5.41, 5.74) is 0.791. The third kappa shape index (κ3) is 6.57. The first-order chi connectivity index (χ1) is 3.77. The van der Waals surface area contributed by atoms with Crippen molar-refractivity contribution in [2.24, 2.45) is 0 Å². The van der Waals surface area contributed by atoms with E-state index in [-0.39, 0.29) is 9.76 Å². The highest BCUT2D eigenvalue weighted by Crippen LogP contribution is 1.95. The molecule has 0 bridgehead atoms. The van der Waals surface area contributed by atoms with Gasteiger partial charge in [-0.3, -0.25) is 0 Å². The van der Waals surface area contributed by atoms with Gasteiger partial charge in [0.1, 0.15) is 10.5 Å². The lowest BCUT2D eigenvalue weighted by Gasteiger charge is -2.03. The second-order valence-corrected chi connectivity index (χ2v) is 8.32. The smallest absolute Gasteiger partial charge is 0.282 e. The summed E-state index contributed by atoms with van der Waals surface area (Å²) in [5, 5.41) is 0. The highest BCUT2D eigenvalue weighted by Gasteiger charge is 1.92. The van der Waals surface area contributed by atoms with Crippen molar-refractivity contribution in [1.29, 1.82) is 0 Å². The summed E-state index contributed by atoms with van der Waals surface area (Å²) in [6.45, 7) is 4.40. The lowest BCUT2D eigenvalue weighted by Crippen LogP contribution is -2.08. The van der Waals surface area contributed by atoms with Crippen LogP contribution in [-0.4, -0.2) is 30.3 Å². The van der Waals surface area contributed by atoms with Gasteiger partial charge in [0.25, 0.3) is 10.0 Å². The van der Waals surface area contributed by atoms with Crippen LogP contribution in [0.5, 0.6) is 0 Å². The molecular formula is C3H14O2Si3. The van der Waals surface area contributed by atoms with Crippen LogP contribution in [0.1, 0.15) is 13.8 Å². The Morgan fingerprint density at radius 2 is 2.12 bits per heavy atom. The molecule has 0 aliphatic rings. The molecular weight excluding hydrogens is 152 g/mol. The van der Waals surface area contributed by atoms with E-state index in [0.717, 1.165) is 16.0 Å². The van der Waals surface area contributed by atoms with Crippen molar-refractivity contribution in [3.8, 4) is 0 Å². The first-order valence-corrected chi connectivity index (χ1v) is 6.20. The van der Waals surface area contributed by atoms with E-state index in [1.807, 2.05) is 0 Å². The summed E-state index contributed by atoms with van der Waals surface area (Å²) >= 11 is 0. The van der Waals surface area contributed by atoms with Gasteiger partial charge in [-0.15, -0.1) is 0 Å². The monoisotopic (exact) mass is 166 g/mol. The van der Waals surface area contributed by atoms with Gasteiger partial charge in [0.2, 0.25) is 0 Å². The molecule has 0 aliphatic carbocycles. The van der Waals surface area contributed by atoms with Crippen molar-refractivity contribution in [3.63, 3.8) is 0 Å². The van der Waals surface area contributed by atoms with Crippen molar-refractivity contribution >= 4 is 30.3 Å². The summed E-state index contributed by atoms with van der Waals surface area (Å²) in [6.07, 6.45) is 0. The van der Waals surface area contributed by atoms with Gasteiger partial charge in [-0.2, -0.15) is 0 Å². The molecule has 0 aromatic carbocycles. The standard InChI is InChI=1S/C3H14O2Si3/c1-3(2)7-5-8-4-6/h3H,7-8H2,1-2,6H3. The van der Waals surface area contributed by atoms with Crippen LogP contribution in [0.3, 0.4) is 0 Å². The largest absolute Gasteiger partial charge is 0.449 e. The Hall–Kier alpha value is 0.571. The van der Waals surface area contributed by atoms with Crippen LogP contribution in [-0.2, 0) is 8.23 Å². The zero-order valence-corrected chi connectivity index (χ0v) is 10.6. The van der Waals surface area contributed by atoms with Crippen LogP contribution in [0.4, 0.5) is 0 Å². The van der Waals surface area contributed by atoms with Gasteiger partial charge in [0, 0.05) is 0 Å². The maximum atomic E-state index is 5.33. The second kappa shape index (κ2) is 5.70. The minimum atomic E-state index is -0.498. The molecule has 0 heterocycles. The van der Waals surface area contributed by atoms with E-state index < -0.39 is 10.0 Å². The molecule has 8 heavy (non-hydrogen) atoms. The second-order valence-electron chi connectivity index (χ2n) is 2.17. The minimum absolute atomic E-state index is 0.206. The SMILES string of the molecule is CC(C)[SiH2]O[SiH2]O[SiH3]. The number of rotatable bonds is 4. The lowest BCUT2D eigenvalue weighted by atomic mass is 10.6. The van der Waals surface area contributed by atoms with E-state index in [0.29, 0.717) is 0 Å². The van der Waals surface area contributed by atoms with Gasteiger partial charge >= 0.3 is 0 Å². The molecule has 0 saturated heterocycles. The summed E-state index contributed by atoms with van der Waals surface area (Å²) in [6, 6.07) is 0. The van der Waals surface area contributed by atoms with E-state index in [1.54, 1.807) is 0 Å². The summed E-state index contributed by atoms with van der Waals surface area (Å²) < 4.78 is 10.3. The van der Waals surface area contributed by atoms with Gasteiger partial charge in [-0.25, -0.2) is 0 Å². The molecule has 0 saturated carbocycles. The Labute approximate surface area is 58.5 Å². The predicted molar refractivity (Wildman–Crippen MR) is 44.3 cm³/mol. The van der Waals surface area contributed by atoms with Crippen molar-refractivity contribution in [3.05, 3.63) is 0 Å². The maximum Gasteiger partial charge on any atom is 0.282 e. The Kier molecular flexibility index (Phi) is 6.11. The fraction of sp³-hybridized carbons (Fsp3) is 1.00. The Bertz CT molecular complexity index is 49.8. The maximum absolute atomic E-state index is 5.33. The fourth-order valence-electron chi connectivity index (χ4n) is 0.367. The first kappa shape index (κ1) is 8.57. The molecule has 5 heteroatoms. The van der Waals surface area contributed by atoms with Crippen LogP contribution in [0.15, 0.2) is 0 Å². The molecule has 0 N–H and O–H groups in total. The molecule has 0 spiro atoms. The Balaban J connectivity index is 2.72. The first-order valence-electron chi connectivity index (χ1n) is 2.84. The molecule has 50 valence electrons. The highest BCUT2D eigenvalue weighted by atomic mass is 28.3. The molecule has 0 unspecified atom stereocenters. The van der Waals surface area contributed by atoms with E-state index >= 15 is 0 Å². The number of hydrogen-bond donors (Lipinski definition) is 0. The minimum Gasteiger partial charge on any atom is -0.449 e. The summed E-state index contributed by atoms with van der Waals surface area (Å²) in [5.74, 6) is 0. The van der Waals surface area contributed by atoms with Gasteiger partial charge in [0.15, 0.2) is 9.76 Å². The van der Waals surface area contributed by atoms with Crippen LogP contribution >= 0.6 is 0 Å². The van der Waals surface area contributed by atoms with E-state index in [4.69, 9.17) is 8.23 Å². The quantitative estimate of drug-likeness (QED) is 0.363. The van der Waals surface area contributed by atoms with Crippen molar-refractivity contribution in [2.45, 2.75) is 19.4 Å². The summed E-state index contributed by atoms with van der Waals surface area (Å²) in [4.78, 5) is 0. The molecule has 0 aromatic heterocycles. The van der Waals surface area contributed by atoms with E-state index in [1.165, 1.54) is 0 Å². The topological polar surface area (TPSA) is 18.5 Å². The van der Waals surface area contributed by atoms with Crippen molar-refractivity contribution in [1.82, 2.24) is 0 Å². The van der Waals surface area contributed by atoms with Crippen molar-refractivity contribution < 1.29 is 8.23 Å². The summed E-state index contributed by atoms with van der Waals surface area (Å²) in [7, 11) is 0.154. The van der Waals surface area contributed by atoms with Crippen LogP contribution in [0, 0.1) is 0 Å². The van der Waals surface area contributed by atoms with E-state index in [9.17, 15) is 0 Å². The van der Waals surface area contributed by atoms with Gasteiger partial charge < -0.3 is 8.23 Å². The average Bonchev–Trinajstić information content (AvgIpc) is 1.66. The molecule has 0 rings (SSSR count). The molecule has 2 nitrogen and oxygen atoms in total. The molecule has 0 amide bonds. The molecule has 0 fully saturated rings. The zero-order chi connectivity index (χ0) is 6.41. The van der Waals surface area contributed by atoms with Crippen molar-refractivity contribution in [2.75, 3.05) is 0 Å². The molecule has 0 aliphatic heterocycles. The lowest BCUT2D eigenvalue weighted by molar-refractivity contribution is 0.496. The predicted octanol–water partition coefficient (Wildman–Crippen LogP) is -1.79. The van der Waals surface area contributed by atoms with Gasteiger partial charge in [-0.05, 0) is 5.54 Å². The fourth-order valence-corrected chi connectivity index (χ4v) is 4.80. The van der Waals surface area contributed by atoms with Gasteiger partial charge in [0.05, 0.1) is 0 Å². The normalized spacial score (nSPS) is 13.9. The van der Waals surface area contributed by atoms with Crippen LogP contribution < -0.4 is 0 Å². The molecule has 0 atom stereocenters. The molecule has 0 radical (unpaired) electrons. The van der Waals surface area contributed by atoms with Crippen LogP contribution in [0.2, 0.25) is 5.54 Å². The third-order valence-corrected chi connectivity index (χ3v) is 3.87. The Morgan fingerprint density at radius 3 is 2.50 bits per heavy atom. The third-order valence-electron chi connectivity index (χ3n) is 0.652. The van der Waals surface area contributed by atoms with Crippen LogP contribution in [0.25, 0.3) is 0 Å². The Morgan fingerprint density at radius 1 is 1.50 bits per heavy atom. The molecule has 0 aromatic rings. The zero-order valence-electron chi connectivity index (χ0n) is 5.81. The number of hydrogen-bond acceptors (Lipinski definition) is 2. The highest BCUT2D eigenvalue weighted by molar-refractivity contribution is 6.42. The van der Waals surface area contributed by atoms with Gasteiger partial charge in [-0.1, -0.05) is 13.8 Å². The van der Waals surface area contributed by atoms with E-state index in [2.05, 4.69) is 13.8 Å².